The van der Waals surface area contributed by atoms with Gasteiger partial charge in [-0.15, -0.1) is 5.10 Å². The third kappa shape index (κ3) is 5.03. The Morgan fingerprint density at radius 1 is 1.55 bits per heavy atom. The van der Waals surface area contributed by atoms with Crippen molar-refractivity contribution in [2.45, 2.75) is 64.9 Å². The summed E-state index contributed by atoms with van der Waals surface area (Å²) in [5.41, 5.74) is 0. The van der Waals surface area contributed by atoms with Crippen LogP contribution in [0.2, 0.25) is 0 Å². The third-order valence-electron chi connectivity index (χ3n) is 3.56. The zero-order chi connectivity index (χ0) is 15.8. The molecule has 1 aliphatic rings. The Bertz CT molecular complexity index is 459. The van der Waals surface area contributed by atoms with Crippen LogP contribution in [0.1, 0.15) is 45.4 Å². The van der Waals surface area contributed by atoms with Crippen LogP contribution in [0.4, 0.5) is 0 Å². The summed E-state index contributed by atoms with van der Waals surface area (Å²) in [7, 11) is 0. The second-order valence-corrected chi connectivity index (χ2v) is 5.39. The van der Waals surface area contributed by atoms with Gasteiger partial charge >= 0.3 is 5.97 Å². The van der Waals surface area contributed by atoms with Crippen LogP contribution in [0, 0.1) is 0 Å². The van der Waals surface area contributed by atoms with Crippen LogP contribution in [-0.2, 0) is 32.2 Å². The quantitative estimate of drug-likeness (QED) is 0.631. The number of aromatic nitrogens is 4. The number of unbranched alkanes of at least 4 members (excludes halogenated alkanes) is 1. The second kappa shape index (κ2) is 8.79. The molecule has 0 aliphatic carbocycles. The lowest BCUT2D eigenvalue weighted by atomic mass is 10.2. The van der Waals surface area contributed by atoms with Gasteiger partial charge in [0.1, 0.15) is 0 Å². The second-order valence-electron chi connectivity index (χ2n) is 5.39. The van der Waals surface area contributed by atoms with E-state index in [0.29, 0.717) is 12.4 Å². The Morgan fingerprint density at radius 3 is 3.14 bits per heavy atom. The van der Waals surface area contributed by atoms with E-state index < -0.39 is 12.1 Å². The Labute approximate surface area is 130 Å². The van der Waals surface area contributed by atoms with Gasteiger partial charge in [0.15, 0.2) is 18.5 Å². The number of tetrazole rings is 1. The van der Waals surface area contributed by atoms with Crippen LogP contribution in [0.25, 0.3) is 0 Å². The Hall–Kier alpha value is -1.54. The summed E-state index contributed by atoms with van der Waals surface area (Å²) in [6.45, 7) is 5.75. The highest BCUT2D eigenvalue weighted by Gasteiger charge is 2.21. The van der Waals surface area contributed by atoms with Crippen molar-refractivity contribution in [3.63, 3.8) is 0 Å². The maximum atomic E-state index is 11.9. The van der Waals surface area contributed by atoms with E-state index in [-0.39, 0.29) is 12.7 Å². The van der Waals surface area contributed by atoms with E-state index in [1.54, 1.807) is 11.6 Å². The number of nitrogens with zero attached hydrogens (tertiary/aromatic N) is 4. The number of esters is 1. The molecule has 2 unspecified atom stereocenters. The van der Waals surface area contributed by atoms with Crippen molar-refractivity contribution >= 4 is 5.97 Å². The fourth-order valence-corrected chi connectivity index (χ4v) is 2.16. The summed E-state index contributed by atoms with van der Waals surface area (Å²) in [4.78, 5) is 11.9. The molecule has 0 amide bonds. The van der Waals surface area contributed by atoms with E-state index in [1.807, 2.05) is 0 Å². The molecule has 8 nitrogen and oxygen atoms in total. The van der Waals surface area contributed by atoms with Crippen molar-refractivity contribution in [2.24, 2.45) is 0 Å². The number of aryl methyl sites for hydroxylation is 1. The van der Waals surface area contributed by atoms with Crippen LogP contribution < -0.4 is 0 Å². The minimum absolute atomic E-state index is 0.0587. The first-order valence-electron chi connectivity index (χ1n) is 7.85. The van der Waals surface area contributed by atoms with E-state index >= 15 is 0 Å². The van der Waals surface area contributed by atoms with E-state index in [2.05, 4.69) is 22.4 Å². The maximum Gasteiger partial charge on any atom is 0.335 e. The van der Waals surface area contributed by atoms with E-state index in [9.17, 15) is 4.79 Å². The SMILES string of the molecule is CCCCn1nnnc1COC(=O)C(C)OCC1CCCO1. The van der Waals surface area contributed by atoms with Gasteiger partial charge in [-0.3, -0.25) is 0 Å². The highest BCUT2D eigenvalue weighted by atomic mass is 16.6. The predicted molar refractivity (Wildman–Crippen MR) is 76.9 cm³/mol. The zero-order valence-corrected chi connectivity index (χ0v) is 13.2. The average molecular weight is 312 g/mol. The van der Waals surface area contributed by atoms with Gasteiger partial charge < -0.3 is 14.2 Å². The largest absolute Gasteiger partial charge is 0.455 e. The lowest BCUT2D eigenvalue weighted by Gasteiger charge is -2.15. The minimum atomic E-state index is -0.621. The van der Waals surface area contributed by atoms with Crippen molar-refractivity contribution in [2.75, 3.05) is 13.2 Å². The first-order valence-corrected chi connectivity index (χ1v) is 7.85. The first kappa shape index (κ1) is 16.8. The van der Waals surface area contributed by atoms with Crippen LogP contribution >= 0.6 is 0 Å². The van der Waals surface area contributed by atoms with E-state index in [1.165, 1.54) is 0 Å². The van der Waals surface area contributed by atoms with Gasteiger partial charge in [-0.2, -0.15) is 0 Å². The molecule has 1 aromatic heterocycles. The highest BCUT2D eigenvalue weighted by molar-refractivity contribution is 5.74. The zero-order valence-electron chi connectivity index (χ0n) is 13.2. The van der Waals surface area contributed by atoms with Gasteiger partial charge in [-0.1, -0.05) is 13.3 Å². The lowest BCUT2D eigenvalue weighted by molar-refractivity contribution is -0.159. The minimum Gasteiger partial charge on any atom is -0.455 e. The fraction of sp³-hybridized carbons (Fsp3) is 0.857. The van der Waals surface area contributed by atoms with Gasteiger partial charge in [0.25, 0.3) is 0 Å². The molecule has 2 heterocycles. The molecular formula is C14H24N4O4. The molecule has 0 spiro atoms. The van der Waals surface area contributed by atoms with Crippen LogP contribution in [0.3, 0.4) is 0 Å². The molecule has 0 aromatic carbocycles. The Kier molecular flexibility index (Phi) is 6.73. The molecular weight excluding hydrogens is 288 g/mol. The summed E-state index contributed by atoms with van der Waals surface area (Å²) in [6, 6.07) is 0. The monoisotopic (exact) mass is 312 g/mol. The van der Waals surface area contributed by atoms with Crippen molar-refractivity contribution in [1.82, 2.24) is 20.2 Å². The van der Waals surface area contributed by atoms with E-state index in [4.69, 9.17) is 14.2 Å². The van der Waals surface area contributed by atoms with Crippen LogP contribution in [-0.4, -0.2) is 51.6 Å². The molecule has 22 heavy (non-hydrogen) atoms. The fourth-order valence-electron chi connectivity index (χ4n) is 2.16. The molecule has 2 atom stereocenters. The highest BCUT2D eigenvalue weighted by Crippen LogP contribution is 2.13. The Morgan fingerprint density at radius 2 is 2.41 bits per heavy atom. The number of carbonyl (C=O) groups excluding carboxylic acids is 1. The molecule has 1 aromatic rings. The summed E-state index contributed by atoms with van der Waals surface area (Å²) >= 11 is 0. The van der Waals surface area contributed by atoms with E-state index in [0.717, 1.165) is 38.8 Å². The normalized spacial score (nSPS) is 19.3. The maximum absolute atomic E-state index is 11.9. The van der Waals surface area contributed by atoms with Gasteiger partial charge in [0, 0.05) is 13.2 Å². The van der Waals surface area contributed by atoms with Crippen molar-refractivity contribution in [1.29, 1.82) is 0 Å². The number of ether oxygens (including phenoxy) is 3. The molecule has 2 rings (SSSR count). The smallest absolute Gasteiger partial charge is 0.335 e. The third-order valence-corrected chi connectivity index (χ3v) is 3.56. The molecule has 1 fully saturated rings. The molecule has 1 saturated heterocycles. The van der Waals surface area contributed by atoms with Gasteiger partial charge in [0.2, 0.25) is 0 Å². The molecule has 124 valence electrons. The summed E-state index contributed by atoms with van der Waals surface area (Å²) in [5.74, 6) is 0.135. The van der Waals surface area contributed by atoms with Gasteiger partial charge in [-0.25, -0.2) is 9.48 Å². The average Bonchev–Trinajstić information content (AvgIpc) is 3.19. The molecule has 0 radical (unpaired) electrons. The molecule has 0 bridgehead atoms. The summed E-state index contributed by atoms with van der Waals surface area (Å²) in [5, 5.41) is 11.4. The van der Waals surface area contributed by atoms with Crippen molar-refractivity contribution in [3.8, 4) is 0 Å². The number of rotatable bonds is 9. The van der Waals surface area contributed by atoms with Crippen LogP contribution in [0.5, 0.6) is 0 Å². The number of hydrogen-bond acceptors (Lipinski definition) is 7. The van der Waals surface area contributed by atoms with Gasteiger partial charge in [0.05, 0.1) is 12.7 Å². The summed E-state index contributed by atoms with van der Waals surface area (Å²) < 4.78 is 17.8. The topological polar surface area (TPSA) is 88.4 Å². The number of carbonyl (C=O) groups is 1. The molecule has 0 N–H and O–H groups in total. The van der Waals surface area contributed by atoms with Crippen molar-refractivity contribution in [3.05, 3.63) is 5.82 Å². The lowest BCUT2D eigenvalue weighted by Crippen LogP contribution is -2.27. The molecule has 0 saturated carbocycles. The predicted octanol–water partition coefficient (Wildman–Crippen LogP) is 1.10. The van der Waals surface area contributed by atoms with Crippen molar-refractivity contribution < 1.29 is 19.0 Å². The summed E-state index contributed by atoms with van der Waals surface area (Å²) in [6.07, 6.45) is 3.53. The standard InChI is InChI=1S/C14H24N4O4/c1-3-4-7-18-13(15-16-17-18)10-22-14(19)11(2)21-9-12-6-5-8-20-12/h11-12H,3-10H2,1-2H3. The van der Waals surface area contributed by atoms with Gasteiger partial charge in [-0.05, 0) is 36.6 Å². The first-order chi connectivity index (χ1) is 10.7. The van der Waals surface area contributed by atoms with Crippen LogP contribution in [0.15, 0.2) is 0 Å². The molecule has 8 heteroatoms. The number of hydrogen-bond donors (Lipinski definition) is 0. The Balaban J connectivity index is 1.70. The molecule has 1 aliphatic heterocycles.